The highest BCUT2D eigenvalue weighted by Crippen LogP contribution is 2.10. The number of halogens is 1. The van der Waals surface area contributed by atoms with Gasteiger partial charge in [0.1, 0.15) is 17.9 Å². The maximum absolute atomic E-state index is 13.7. The molecule has 7 heteroatoms. The molecule has 0 saturated heterocycles. The molecule has 0 radical (unpaired) electrons. The maximum Gasteiger partial charge on any atom is 0.243 e. The topological polar surface area (TPSA) is 101 Å². The molecule has 6 nitrogen and oxygen atoms in total. The molecular weight excluding hydrogens is 301 g/mol. The summed E-state index contributed by atoms with van der Waals surface area (Å²) in [6.07, 6.45) is -0.0569. The quantitative estimate of drug-likeness (QED) is 0.681. The van der Waals surface area contributed by atoms with Crippen LogP contribution in [0.1, 0.15) is 26.3 Å². The van der Waals surface area contributed by atoms with Crippen LogP contribution in [-0.4, -0.2) is 29.8 Å². The predicted octanol–water partition coefficient (Wildman–Crippen LogP) is 0.499. The molecule has 0 unspecified atom stereocenters. The number of carbonyl (C=O) groups excluding carboxylic acids is 3. The average molecular weight is 323 g/mol. The van der Waals surface area contributed by atoms with Crippen LogP contribution in [-0.2, 0) is 20.8 Å². The van der Waals surface area contributed by atoms with E-state index in [0.29, 0.717) is 0 Å². The number of amides is 3. The van der Waals surface area contributed by atoms with Crippen molar-refractivity contribution in [3.63, 3.8) is 0 Å². The predicted molar refractivity (Wildman–Crippen MR) is 83.7 cm³/mol. The number of carbonyl (C=O) groups is 3. The van der Waals surface area contributed by atoms with Crippen molar-refractivity contribution in [2.75, 3.05) is 0 Å². The standard InChI is InChI=1S/C16H22FN3O3/c1-9(2)14(19-10(3)21)16(23)20-13(15(18)22)8-11-6-4-5-7-12(11)17/h4-7,9,13-14H,8H2,1-3H3,(H2,18,22)(H,19,21)(H,20,23)/t13-,14+/m0/s1. The molecule has 0 heterocycles. The van der Waals surface area contributed by atoms with Gasteiger partial charge in [-0.25, -0.2) is 4.39 Å². The first-order valence-corrected chi connectivity index (χ1v) is 7.32. The lowest BCUT2D eigenvalue weighted by atomic mass is 10.0. The molecule has 1 aromatic rings. The van der Waals surface area contributed by atoms with Gasteiger partial charge in [0, 0.05) is 13.3 Å². The van der Waals surface area contributed by atoms with Crippen molar-refractivity contribution in [1.82, 2.24) is 10.6 Å². The average Bonchev–Trinajstić information content (AvgIpc) is 2.45. The smallest absolute Gasteiger partial charge is 0.243 e. The van der Waals surface area contributed by atoms with E-state index in [-0.39, 0.29) is 23.8 Å². The molecule has 0 aliphatic carbocycles. The van der Waals surface area contributed by atoms with Gasteiger partial charge in [0.05, 0.1) is 0 Å². The Morgan fingerprint density at radius 1 is 1.17 bits per heavy atom. The van der Waals surface area contributed by atoms with E-state index >= 15 is 0 Å². The Hall–Kier alpha value is -2.44. The van der Waals surface area contributed by atoms with E-state index in [1.165, 1.54) is 25.1 Å². The third-order valence-electron chi connectivity index (χ3n) is 3.35. The van der Waals surface area contributed by atoms with Crippen molar-refractivity contribution < 1.29 is 18.8 Å². The monoisotopic (exact) mass is 323 g/mol. The number of nitrogens with two attached hydrogens (primary N) is 1. The number of hydrogen-bond acceptors (Lipinski definition) is 3. The molecule has 126 valence electrons. The summed E-state index contributed by atoms with van der Waals surface area (Å²) in [5.74, 6) is -2.32. The molecule has 0 fully saturated rings. The Bertz CT molecular complexity index is 590. The number of rotatable bonds is 7. The molecule has 0 spiro atoms. The molecule has 1 aromatic carbocycles. The van der Waals surface area contributed by atoms with Gasteiger partial charge >= 0.3 is 0 Å². The van der Waals surface area contributed by atoms with Gasteiger partial charge in [-0.1, -0.05) is 32.0 Å². The Morgan fingerprint density at radius 2 is 1.78 bits per heavy atom. The zero-order valence-corrected chi connectivity index (χ0v) is 13.4. The Morgan fingerprint density at radius 3 is 2.26 bits per heavy atom. The van der Waals surface area contributed by atoms with Gasteiger partial charge < -0.3 is 16.4 Å². The van der Waals surface area contributed by atoms with E-state index in [1.807, 2.05) is 0 Å². The van der Waals surface area contributed by atoms with Crippen LogP contribution < -0.4 is 16.4 Å². The van der Waals surface area contributed by atoms with Crippen molar-refractivity contribution >= 4 is 17.7 Å². The van der Waals surface area contributed by atoms with Gasteiger partial charge in [-0.05, 0) is 17.5 Å². The summed E-state index contributed by atoms with van der Waals surface area (Å²) in [5.41, 5.74) is 5.57. The molecule has 23 heavy (non-hydrogen) atoms. The Balaban J connectivity index is 2.86. The van der Waals surface area contributed by atoms with Crippen molar-refractivity contribution in [2.24, 2.45) is 11.7 Å². The Labute approximate surface area is 134 Å². The highest BCUT2D eigenvalue weighted by molar-refractivity contribution is 5.91. The summed E-state index contributed by atoms with van der Waals surface area (Å²) in [5, 5.41) is 5.01. The van der Waals surface area contributed by atoms with Gasteiger partial charge in [-0.3, -0.25) is 14.4 Å². The zero-order chi connectivity index (χ0) is 17.6. The molecule has 4 N–H and O–H groups in total. The minimum Gasteiger partial charge on any atom is -0.368 e. The number of hydrogen-bond donors (Lipinski definition) is 3. The summed E-state index contributed by atoms with van der Waals surface area (Å²) in [6, 6.07) is 4.09. The van der Waals surface area contributed by atoms with Crippen LogP contribution in [0.5, 0.6) is 0 Å². The number of nitrogens with one attached hydrogen (secondary N) is 2. The summed E-state index contributed by atoms with van der Waals surface area (Å²) < 4.78 is 13.7. The van der Waals surface area contributed by atoms with E-state index in [4.69, 9.17) is 5.73 Å². The van der Waals surface area contributed by atoms with Gasteiger partial charge in [0.2, 0.25) is 17.7 Å². The van der Waals surface area contributed by atoms with Crippen LogP contribution in [0.3, 0.4) is 0 Å². The molecule has 0 aromatic heterocycles. The second kappa shape index (κ2) is 8.26. The van der Waals surface area contributed by atoms with Gasteiger partial charge in [-0.2, -0.15) is 0 Å². The highest BCUT2D eigenvalue weighted by Gasteiger charge is 2.27. The SMILES string of the molecule is CC(=O)N[C@@H](C(=O)N[C@@H](Cc1ccccc1F)C(N)=O)C(C)C. The normalized spacial score (nSPS) is 13.3. The lowest BCUT2D eigenvalue weighted by Crippen LogP contribution is -2.55. The summed E-state index contributed by atoms with van der Waals surface area (Å²) >= 11 is 0. The van der Waals surface area contributed by atoms with Crippen LogP contribution in [0.25, 0.3) is 0 Å². The van der Waals surface area contributed by atoms with Gasteiger partial charge in [0.15, 0.2) is 0 Å². The first-order valence-electron chi connectivity index (χ1n) is 7.32. The largest absolute Gasteiger partial charge is 0.368 e. The lowest BCUT2D eigenvalue weighted by Gasteiger charge is -2.24. The first-order chi connectivity index (χ1) is 10.7. The van der Waals surface area contributed by atoms with Crippen LogP contribution >= 0.6 is 0 Å². The molecule has 3 amide bonds. The minimum atomic E-state index is -1.06. The summed E-state index contributed by atoms with van der Waals surface area (Å²) in [6.45, 7) is 4.82. The highest BCUT2D eigenvalue weighted by atomic mass is 19.1. The van der Waals surface area contributed by atoms with E-state index < -0.39 is 29.7 Å². The summed E-state index contributed by atoms with van der Waals surface area (Å²) in [7, 11) is 0. The molecule has 1 rings (SSSR count). The van der Waals surface area contributed by atoms with E-state index in [1.54, 1.807) is 19.9 Å². The molecule has 0 saturated carbocycles. The third-order valence-corrected chi connectivity index (χ3v) is 3.35. The Kier molecular flexibility index (Phi) is 6.68. The van der Waals surface area contributed by atoms with Crippen LogP contribution in [0.4, 0.5) is 4.39 Å². The second-order valence-corrected chi connectivity index (χ2v) is 5.68. The van der Waals surface area contributed by atoms with Crippen molar-refractivity contribution in [1.29, 1.82) is 0 Å². The van der Waals surface area contributed by atoms with Crippen LogP contribution in [0.2, 0.25) is 0 Å². The maximum atomic E-state index is 13.7. The number of primary amides is 1. The lowest BCUT2D eigenvalue weighted by molar-refractivity contribution is -0.131. The van der Waals surface area contributed by atoms with E-state index in [2.05, 4.69) is 10.6 Å². The van der Waals surface area contributed by atoms with Crippen molar-refractivity contribution in [3.05, 3.63) is 35.6 Å². The van der Waals surface area contributed by atoms with Crippen molar-refractivity contribution in [3.8, 4) is 0 Å². The van der Waals surface area contributed by atoms with E-state index in [9.17, 15) is 18.8 Å². The van der Waals surface area contributed by atoms with Crippen LogP contribution in [0, 0.1) is 11.7 Å². The van der Waals surface area contributed by atoms with Gasteiger partial charge in [-0.15, -0.1) is 0 Å². The van der Waals surface area contributed by atoms with E-state index in [0.717, 1.165) is 0 Å². The molecule has 0 aliphatic rings. The third kappa shape index (κ3) is 5.69. The molecule has 0 aliphatic heterocycles. The van der Waals surface area contributed by atoms with Gasteiger partial charge in [0.25, 0.3) is 0 Å². The fraction of sp³-hybridized carbons (Fsp3) is 0.438. The fourth-order valence-corrected chi connectivity index (χ4v) is 2.12. The summed E-state index contributed by atoms with van der Waals surface area (Å²) in [4.78, 5) is 35.0. The fourth-order valence-electron chi connectivity index (χ4n) is 2.12. The van der Waals surface area contributed by atoms with Crippen LogP contribution in [0.15, 0.2) is 24.3 Å². The molecular formula is C16H22FN3O3. The molecule has 0 bridgehead atoms. The minimum absolute atomic E-state index is 0.0569. The molecule has 2 atom stereocenters. The second-order valence-electron chi connectivity index (χ2n) is 5.68. The first kappa shape index (κ1) is 18.6. The number of benzene rings is 1. The zero-order valence-electron chi connectivity index (χ0n) is 13.4. The van der Waals surface area contributed by atoms with Crippen molar-refractivity contribution in [2.45, 2.75) is 39.3 Å².